The molecule has 9 nitrogen and oxygen atoms in total. The van der Waals surface area contributed by atoms with Crippen molar-refractivity contribution in [2.75, 3.05) is 71.6 Å². The maximum atomic E-state index is 13.1. The first-order chi connectivity index (χ1) is 17.7. The van der Waals surface area contributed by atoms with Crippen molar-refractivity contribution in [2.45, 2.75) is 18.7 Å². The van der Waals surface area contributed by atoms with Crippen LogP contribution in [0.2, 0.25) is 0 Å². The number of rotatable bonds is 10. The Morgan fingerprint density at radius 3 is 2.22 bits per heavy atom. The molecule has 0 saturated carbocycles. The molecule has 2 heterocycles. The lowest BCUT2D eigenvalue weighted by atomic mass is 10.1. The highest BCUT2D eigenvalue weighted by atomic mass is 32.2. The van der Waals surface area contributed by atoms with Crippen molar-refractivity contribution in [1.82, 2.24) is 14.2 Å². The molecule has 2 aromatic carbocycles. The number of ether oxygens (including phenoxy) is 2. The zero-order chi connectivity index (χ0) is 26.6. The number of carbonyl (C=O) groups excluding carboxylic acids is 1. The second-order valence-corrected chi connectivity index (χ2v) is 12.0. The third kappa shape index (κ3) is 6.12. The van der Waals surface area contributed by atoms with Gasteiger partial charge >= 0.3 is 0 Å². The zero-order valence-corrected chi connectivity index (χ0v) is 23.4. The van der Waals surface area contributed by atoms with Crippen LogP contribution in [-0.4, -0.2) is 95.2 Å². The summed E-state index contributed by atoms with van der Waals surface area (Å²) in [5, 5.41) is 0.983. The van der Waals surface area contributed by atoms with Gasteiger partial charge in [0.05, 0.1) is 28.3 Å². The van der Waals surface area contributed by atoms with Gasteiger partial charge in [0.1, 0.15) is 0 Å². The van der Waals surface area contributed by atoms with Crippen molar-refractivity contribution in [3.63, 3.8) is 0 Å². The molecule has 0 aliphatic carbocycles. The molecular weight excluding hydrogens is 512 g/mol. The minimum absolute atomic E-state index is 0.102. The number of aromatic nitrogens is 1. The SMILES string of the molecule is COCCN(CCOC)S(=O)(=O)c1ccc(C(=O)N2CCN(c3nc4cc(C)cc(C)c4s3)CC2)cc1. The summed E-state index contributed by atoms with van der Waals surface area (Å²) >= 11 is 1.70. The monoisotopic (exact) mass is 546 g/mol. The van der Waals surface area contributed by atoms with Crippen LogP contribution in [0.3, 0.4) is 0 Å². The summed E-state index contributed by atoms with van der Waals surface area (Å²) in [5.41, 5.74) is 3.93. The lowest BCUT2D eigenvalue weighted by Gasteiger charge is -2.34. The third-order valence-electron chi connectivity index (χ3n) is 6.47. The van der Waals surface area contributed by atoms with E-state index in [1.807, 2.05) is 4.90 Å². The second kappa shape index (κ2) is 11.9. The molecule has 1 fully saturated rings. The van der Waals surface area contributed by atoms with E-state index in [4.69, 9.17) is 14.5 Å². The summed E-state index contributed by atoms with van der Waals surface area (Å²) in [6.45, 7) is 7.75. The molecule has 0 bridgehead atoms. The van der Waals surface area contributed by atoms with Crippen LogP contribution in [0, 0.1) is 13.8 Å². The fraction of sp³-hybridized carbons (Fsp3) is 0.462. The molecule has 11 heteroatoms. The van der Waals surface area contributed by atoms with E-state index in [1.165, 1.54) is 46.5 Å². The van der Waals surface area contributed by atoms with Gasteiger partial charge in [-0.15, -0.1) is 0 Å². The van der Waals surface area contributed by atoms with Crippen molar-refractivity contribution in [2.24, 2.45) is 0 Å². The first-order valence-corrected chi connectivity index (χ1v) is 14.5. The summed E-state index contributed by atoms with van der Waals surface area (Å²) in [4.78, 5) is 22.2. The van der Waals surface area contributed by atoms with Gasteiger partial charge in [-0.25, -0.2) is 13.4 Å². The topological polar surface area (TPSA) is 92.3 Å². The molecular formula is C26H34N4O5S2. The Labute approximate surface area is 222 Å². The number of thiazole rings is 1. The highest BCUT2D eigenvalue weighted by Crippen LogP contribution is 2.32. The van der Waals surface area contributed by atoms with Crippen molar-refractivity contribution in [3.8, 4) is 0 Å². The Hall–Kier alpha value is -2.57. The fourth-order valence-electron chi connectivity index (χ4n) is 4.44. The van der Waals surface area contributed by atoms with Crippen LogP contribution in [0.4, 0.5) is 5.13 Å². The van der Waals surface area contributed by atoms with Crippen molar-refractivity contribution in [3.05, 3.63) is 53.1 Å². The minimum Gasteiger partial charge on any atom is -0.383 e. The standard InChI is InChI=1S/C26H34N4O5S2/c1-19-17-20(2)24-23(18-19)27-26(36-24)29-11-9-28(10-12-29)25(31)21-5-7-22(8-6-21)37(32,33)30(13-15-34-3)14-16-35-4/h5-8,17-18H,9-16H2,1-4H3. The maximum absolute atomic E-state index is 13.1. The molecule has 1 aromatic heterocycles. The van der Waals surface area contributed by atoms with E-state index >= 15 is 0 Å². The Balaban J connectivity index is 1.40. The fourth-order valence-corrected chi connectivity index (χ4v) is 6.92. The lowest BCUT2D eigenvalue weighted by molar-refractivity contribution is 0.0746. The van der Waals surface area contributed by atoms with Gasteiger partial charge in [0.25, 0.3) is 5.91 Å². The van der Waals surface area contributed by atoms with E-state index in [0.29, 0.717) is 31.7 Å². The molecule has 0 spiro atoms. The van der Waals surface area contributed by atoms with Crippen molar-refractivity contribution < 1.29 is 22.7 Å². The minimum atomic E-state index is -3.73. The molecule has 0 unspecified atom stereocenters. The smallest absolute Gasteiger partial charge is 0.253 e. The summed E-state index contributed by atoms with van der Waals surface area (Å²) in [7, 11) is -0.672. The molecule has 0 radical (unpaired) electrons. The van der Waals surface area contributed by atoms with Crippen LogP contribution in [0.5, 0.6) is 0 Å². The van der Waals surface area contributed by atoms with E-state index in [1.54, 1.807) is 23.5 Å². The Morgan fingerprint density at radius 1 is 1.00 bits per heavy atom. The van der Waals surface area contributed by atoms with E-state index < -0.39 is 10.0 Å². The van der Waals surface area contributed by atoms with Gasteiger partial charge in [-0.3, -0.25) is 4.79 Å². The Bertz CT molecular complexity index is 1330. The van der Waals surface area contributed by atoms with Crippen LogP contribution in [0.25, 0.3) is 10.2 Å². The highest BCUT2D eigenvalue weighted by Gasteiger charge is 2.27. The van der Waals surface area contributed by atoms with E-state index in [9.17, 15) is 13.2 Å². The summed E-state index contributed by atoms with van der Waals surface area (Å²) in [6, 6.07) is 10.5. The molecule has 37 heavy (non-hydrogen) atoms. The molecule has 3 aromatic rings. The van der Waals surface area contributed by atoms with Gasteiger partial charge < -0.3 is 19.3 Å². The van der Waals surface area contributed by atoms with Crippen LogP contribution in [0.1, 0.15) is 21.5 Å². The molecule has 0 N–H and O–H groups in total. The van der Waals surface area contributed by atoms with Crippen LogP contribution >= 0.6 is 11.3 Å². The predicted molar refractivity (Wildman–Crippen MR) is 146 cm³/mol. The van der Waals surface area contributed by atoms with Crippen LogP contribution in [-0.2, 0) is 19.5 Å². The first-order valence-electron chi connectivity index (χ1n) is 12.2. The number of hydrogen-bond acceptors (Lipinski definition) is 8. The van der Waals surface area contributed by atoms with Gasteiger partial charge in [-0.1, -0.05) is 17.4 Å². The predicted octanol–water partition coefficient (Wildman–Crippen LogP) is 3.16. The molecule has 1 aliphatic rings. The van der Waals surface area contributed by atoms with Gasteiger partial charge in [-0.05, 0) is 55.3 Å². The number of methoxy groups -OCH3 is 2. The summed E-state index contributed by atoms with van der Waals surface area (Å²) in [5.74, 6) is -0.102. The van der Waals surface area contributed by atoms with Gasteiger partial charge in [0.2, 0.25) is 10.0 Å². The average Bonchev–Trinajstić information content (AvgIpc) is 3.33. The number of nitrogens with zero attached hydrogens (tertiary/aromatic N) is 4. The number of fused-ring (bicyclic) bond motifs is 1. The van der Waals surface area contributed by atoms with Crippen LogP contribution in [0.15, 0.2) is 41.3 Å². The van der Waals surface area contributed by atoms with Crippen molar-refractivity contribution >= 4 is 42.6 Å². The number of anilines is 1. The highest BCUT2D eigenvalue weighted by molar-refractivity contribution is 7.89. The molecule has 1 amide bonds. The molecule has 1 saturated heterocycles. The van der Waals surface area contributed by atoms with Crippen molar-refractivity contribution in [1.29, 1.82) is 0 Å². The summed E-state index contributed by atoms with van der Waals surface area (Å²) < 4.78 is 38.9. The number of sulfonamides is 1. The zero-order valence-electron chi connectivity index (χ0n) is 21.8. The molecule has 200 valence electrons. The van der Waals surface area contributed by atoms with E-state index in [0.717, 1.165) is 10.6 Å². The third-order valence-corrected chi connectivity index (χ3v) is 9.66. The number of carbonyl (C=O) groups is 1. The number of aryl methyl sites for hydroxylation is 2. The van der Waals surface area contributed by atoms with E-state index in [-0.39, 0.29) is 37.1 Å². The number of piperazine rings is 1. The summed E-state index contributed by atoms with van der Waals surface area (Å²) in [6.07, 6.45) is 0. The normalized spacial score (nSPS) is 14.6. The van der Waals surface area contributed by atoms with Crippen LogP contribution < -0.4 is 4.90 Å². The second-order valence-electron chi connectivity index (χ2n) is 9.12. The Morgan fingerprint density at radius 2 is 1.62 bits per heavy atom. The largest absolute Gasteiger partial charge is 0.383 e. The average molecular weight is 547 g/mol. The Kier molecular flexibility index (Phi) is 8.81. The number of hydrogen-bond donors (Lipinski definition) is 0. The van der Waals surface area contributed by atoms with Gasteiger partial charge in [0, 0.05) is 59.1 Å². The molecule has 4 rings (SSSR count). The number of benzene rings is 2. The van der Waals surface area contributed by atoms with Gasteiger partial charge in [-0.2, -0.15) is 4.31 Å². The van der Waals surface area contributed by atoms with E-state index in [2.05, 4.69) is 30.9 Å². The maximum Gasteiger partial charge on any atom is 0.253 e. The quantitative estimate of drug-likeness (QED) is 0.386. The first kappa shape index (κ1) is 27.5. The molecule has 1 aliphatic heterocycles. The molecule has 0 atom stereocenters. The lowest BCUT2D eigenvalue weighted by Crippen LogP contribution is -2.48. The number of amides is 1. The van der Waals surface area contributed by atoms with Gasteiger partial charge in [0.15, 0.2) is 5.13 Å².